The van der Waals surface area contributed by atoms with Gasteiger partial charge in [-0.15, -0.1) is 0 Å². The molecule has 3 heterocycles. The second-order valence-electron chi connectivity index (χ2n) is 11.2. The minimum atomic E-state index is -0.962. The van der Waals surface area contributed by atoms with Crippen molar-refractivity contribution in [1.29, 1.82) is 0 Å². The SMILES string of the molecule is CCOCc1nc2c(N)nc3cc(OC4CCN(C(=O)OC(C)(C)C)CC4)ccc3c2n1CC(C)(C)O. The summed E-state index contributed by atoms with van der Waals surface area (Å²) in [4.78, 5) is 23.4. The van der Waals surface area contributed by atoms with E-state index < -0.39 is 11.2 Å². The van der Waals surface area contributed by atoms with E-state index in [9.17, 15) is 9.90 Å². The van der Waals surface area contributed by atoms with Crippen molar-refractivity contribution in [2.75, 3.05) is 25.4 Å². The summed E-state index contributed by atoms with van der Waals surface area (Å²) >= 11 is 0. The average Bonchev–Trinajstić information content (AvgIpc) is 3.14. The third-order valence-electron chi connectivity index (χ3n) is 6.13. The highest BCUT2D eigenvalue weighted by Crippen LogP contribution is 2.33. The second-order valence-corrected chi connectivity index (χ2v) is 11.2. The van der Waals surface area contributed by atoms with E-state index >= 15 is 0 Å². The van der Waals surface area contributed by atoms with Crippen molar-refractivity contribution in [3.8, 4) is 5.75 Å². The second kappa shape index (κ2) is 10.3. The number of rotatable bonds is 7. The molecule has 3 N–H and O–H groups in total. The summed E-state index contributed by atoms with van der Waals surface area (Å²) in [6.07, 6.45) is 1.12. The first-order valence-electron chi connectivity index (χ1n) is 12.9. The maximum absolute atomic E-state index is 12.4. The van der Waals surface area contributed by atoms with Crippen molar-refractivity contribution in [1.82, 2.24) is 19.4 Å². The molecule has 0 saturated carbocycles. The van der Waals surface area contributed by atoms with Gasteiger partial charge in [0, 0.05) is 44.0 Å². The average molecular weight is 514 g/mol. The van der Waals surface area contributed by atoms with Crippen LogP contribution in [0.25, 0.3) is 21.9 Å². The lowest BCUT2D eigenvalue weighted by atomic mass is 10.1. The summed E-state index contributed by atoms with van der Waals surface area (Å²) < 4.78 is 19.4. The number of ether oxygens (including phenoxy) is 3. The molecule has 0 unspecified atom stereocenters. The fourth-order valence-corrected chi connectivity index (χ4v) is 4.55. The number of hydrogen-bond donors (Lipinski definition) is 2. The van der Waals surface area contributed by atoms with Gasteiger partial charge >= 0.3 is 6.09 Å². The smallest absolute Gasteiger partial charge is 0.410 e. The van der Waals surface area contributed by atoms with Crippen LogP contribution in [0.3, 0.4) is 0 Å². The van der Waals surface area contributed by atoms with E-state index in [-0.39, 0.29) is 12.2 Å². The van der Waals surface area contributed by atoms with Crippen molar-refractivity contribution in [2.45, 2.75) is 84.8 Å². The van der Waals surface area contributed by atoms with Gasteiger partial charge in [0.25, 0.3) is 0 Å². The number of likely N-dealkylation sites (tertiary alicyclic amines) is 1. The standard InChI is InChI=1S/C27H39N5O5/c1-7-35-15-21-30-22-23(32(21)16-27(5,6)34)19-9-8-18(14-20(19)29-24(22)28)36-17-10-12-31(13-11-17)25(33)37-26(2,3)4/h8-9,14,17,34H,7,10-13,15-16H2,1-6H3,(H2,28,29). The number of piperidine rings is 1. The number of benzene rings is 1. The molecule has 2 aromatic heterocycles. The number of aliphatic hydroxyl groups is 1. The molecule has 0 aliphatic carbocycles. The van der Waals surface area contributed by atoms with Gasteiger partial charge in [-0.3, -0.25) is 0 Å². The fourth-order valence-electron chi connectivity index (χ4n) is 4.55. The first-order valence-corrected chi connectivity index (χ1v) is 12.9. The number of carbonyl (C=O) groups is 1. The van der Waals surface area contributed by atoms with Gasteiger partial charge in [-0.05, 0) is 53.7 Å². The molecule has 1 fully saturated rings. The lowest BCUT2D eigenvalue weighted by molar-refractivity contribution is 0.0126. The zero-order chi connectivity index (χ0) is 27.0. The first kappa shape index (κ1) is 26.9. The molecule has 1 saturated heterocycles. The van der Waals surface area contributed by atoms with Crippen LogP contribution in [0.5, 0.6) is 5.75 Å². The highest BCUT2D eigenvalue weighted by Gasteiger charge is 2.28. The van der Waals surface area contributed by atoms with Gasteiger partial charge in [0.15, 0.2) is 5.82 Å². The number of amides is 1. The Bertz CT molecular complexity index is 1270. The molecule has 1 aliphatic heterocycles. The number of anilines is 1. The van der Waals surface area contributed by atoms with E-state index in [0.29, 0.717) is 74.1 Å². The van der Waals surface area contributed by atoms with E-state index in [2.05, 4.69) is 4.98 Å². The Morgan fingerprint density at radius 3 is 2.49 bits per heavy atom. The summed E-state index contributed by atoms with van der Waals surface area (Å²) in [5.41, 5.74) is 6.96. The minimum absolute atomic E-state index is 0.0178. The number of fused-ring (bicyclic) bond motifs is 3. The molecule has 0 atom stereocenters. The maximum Gasteiger partial charge on any atom is 0.410 e. The van der Waals surface area contributed by atoms with E-state index in [1.165, 1.54) is 0 Å². The Kier molecular flexibility index (Phi) is 7.52. The van der Waals surface area contributed by atoms with E-state index in [0.717, 1.165) is 10.9 Å². The summed E-state index contributed by atoms with van der Waals surface area (Å²) in [6.45, 7) is 13.4. The summed E-state index contributed by atoms with van der Waals surface area (Å²) in [6, 6.07) is 5.76. The van der Waals surface area contributed by atoms with Crippen LogP contribution in [-0.4, -0.2) is 67.6 Å². The summed E-state index contributed by atoms with van der Waals surface area (Å²) in [5, 5.41) is 11.5. The topological polar surface area (TPSA) is 125 Å². The Labute approximate surface area is 217 Å². The lowest BCUT2D eigenvalue weighted by Crippen LogP contribution is -2.44. The predicted molar refractivity (Wildman–Crippen MR) is 143 cm³/mol. The molecule has 10 nitrogen and oxygen atoms in total. The Balaban J connectivity index is 1.58. The third kappa shape index (κ3) is 6.42. The zero-order valence-electron chi connectivity index (χ0n) is 22.7. The van der Waals surface area contributed by atoms with Crippen molar-refractivity contribution in [3.63, 3.8) is 0 Å². The molecular formula is C27H39N5O5. The molecule has 0 bridgehead atoms. The largest absolute Gasteiger partial charge is 0.490 e. The quantitative estimate of drug-likeness (QED) is 0.480. The fraction of sp³-hybridized carbons (Fsp3) is 0.593. The number of aromatic nitrogens is 3. The van der Waals surface area contributed by atoms with Crippen molar-refractivity contribution < 1.29 is 24.1 Å². The summed E-state index contributed by atoms with van der Waals surface area (Å²) in [7, 11) is 0. The van der Waals surface area contributed by atoms with Gasteiger partial charge in [-0.25, -0.2) is 14.8 Å². The number of nitrogen functional groups attached to an aromatic ring is 1. The Morgan fingerprint density at radius 2 is 1.86 bits per heavy atom. The highest BCUT2D eigenvalue weighted by molar-refractivity contribution is 6.07. The van der Waals surface area contributed by atoms with Gasteiger partial charge in [0.2, 0.25) is 0 Å². The zero-order valence-corrected chi connectivity index (χ0v) is 22.7. The van der Waals surface area contributed by atoms with E-state index in [1.54, 1.807) is 18.7 Å². The van der Waals surface area contributed by atoms with Gasteiger partial charge < -0.3 is 34.5 Å². The number of hydrogen-bond acceptors (Lipinski definition) is 8. The van der Waals surface area contributed by atoms with Crippen LogP contribution >= 0.6 is 0 Å². The Hall–Kier alpha value is -3.11. The number of pyridine rings is 1. The maximum atomic E-state index is 12.4. The van der Waals surface area contributed by atoms with Crippen molar-refractivity contribution in [2.24, 2.45) is 0 Å². The molecule has 1 amide bonds. The molecule has 0 spiro atoms. The first-order chi connectivity index (χ1) is 17.3. The molecule has 10 heteroatoms. The van der Waals surface area contributed by atoms with Gasteiger partial charge in [-0.1, -0.05) is 0 Å². The number of nitrogens with zero attached hydrogens (tertiary/aromatic N) is 4. The molecule has 1 aliphatic rings. The van der Waals surface area contributed by atoms with Crippen LogP contribution in [0.15, 0.2) is 18.2 Å². The Morgan fingerprint density at radius 1 is 1.16 bits per heavy atom. The normalized spacial score (nSPS) is 15.5. The number of nitrogens with two attached hydrogens (primary N) is 1. The molecular weight excluding hydrogens is 474 g/mol. The van der Waals surface area contributed by atoms with Crippen LogP contribution in [-0.2, 0) is 22.6 Å². The van der Waals surface area contributed by atoms with E-state index in [1.807, 2.05) is 50.5 Å². The van der Waals surface area contributed by atoms with Crippen LogP contribution in [0, 0.1) is 0 Å². The van der Waals surface area contributed by atoms with Crippen LogP contribution < -0.4 is 10.5 Å². The van der Waals surface area contributed by atoms with Crippen molar-refractivity contribution in [3.05, 3.63) is 24.0 Å². The lowest BCUT2D eigenvalue weighted by Gasteiger charge is -2.33. The molecule has 37 heavy (non-hydrogen) atoms. The molecule has 4 rings (SSSR count). The van der Waals surface area contributed by atoms with E-state index in [4.69, 9.17) is 24.9 Å². The minimum Gasteiger partial charge on any atom is -0.490 e. The molecule has 3 aromatic rings. The van der Waals surface area contributed by atoms with Crippen LogP contribution in [0.2, 0.25) is 0 Å². The van der Waals surface area contributed by atoms with Crippen LogP contribution in [0.4, 0.5) is 10.6 Å². The van der Waals surface area contributed by atoms with Gasteiger partial charge in [0.1, 0.15) is 35.4 Å². The predicted octanol–water partition coefficient (Wildman–Crippen LogP) is 4.25. The number of imidazole rings is 1. The monoisotopic (exact) mass is 513 g/mol. The molecule has 202 valence electrons. The molecule has 1 aromatic carbocycles. The summed E-state index contributed by atoms with van der Waals surface area (Å²) in [5.74, 6) is 1.70. The van der Waals surface area contributed by atoms with Gasteiger partial charge in [0.05, 0.1) is 23.2 Å². The molecule has 0 radical (unpaired) electrons. The van der Waals surface area contributed by atoms with Crippen molar-refractivity contribution >= 4 is 33.8 Å². The van der Waals surface area contributed by atoms with Gasteiger partial charge in [-0.2, -0.15) is 0 Å². The highest BCUT2D eigenvalue weighted by atomic mass is 16.6. The van der Waals surface area contributed by atoms with Crippen LogP contribution in [0.1, 0.15) is 60.2 Å². The number of carbonyl (C=O) groups excluding carboxylic acids is 1. The third-order valence-corrected chi connectivity index (χ3v) is 6.13.